The number of imidazole rings is 1. The summed E-state index contributed by atoms with van der Waals surface area (Å²) >= 11 is 0. The Kier molecular flexibility index (Phi) is 5.16. The number of benzene rings is 1. The van der Waals surface area contributed by atoms with Crippen molar-refractivity contribution in [3.63, 3.8) is 0 Å². The number of fused-ring (bicyclic) bond motifs is 1. The molecule has 1 N–H and O–H groups in total. The van der Waals surface area contributed by atoms with Gasteiger partial charge in [-0.2, -0.15) is 0 Å². The maximum absolute atomic E-state index is 12.2. The first-order valence-corrected chi connectivity index (χ1v) is 7.46. The Morgan fingerprint density at radius 1 is 1.30 bits per heavy atom. The summed E-state index contributed by atoms with van der Waals surface area (Å²) in [5, 5.41) is 0. The third-order valence-electron chi connectivity index (χ3n) is 3.53. The quantitative estimate of drug-likeness (QED) is 0.842. The van der Waals surface area contributed by atoms with Crippen LogP contribution in [0.25, 0.3) is 11.0 Å². The van der Waals surface area contributed by atoms with Gasteiger partial charge in [0.25, 0.3) is 0 Å². The molecule has 0 unspecified atom stereocenters. The van der Waals surface area contributed by atoms with Crippen molar-refractivity contribution in [3.8, 4) is 0 Å². The SMILES string of the molecule is CCCCN(CC)C(=O)CCc1nc2ccccc2[nH]1. The molecule has 0 radical (unpaired) electrons. The Hall–Kier alpha value is -1.84. The molecule has 1 aromatic carbocycles. The first-order valence-electron chi connectivity index (χ1n) is 7.46. The summed E-state index contributed by atoms with van der Waals surface area (Å²) in [6.07, 6.45) is 3.39. The molecule has 1 amide bonds. The van der Waals surface area contributed by atoms with Crippen LogP contribution in [0.1, 0.15) is 38.9 Å². The lowest BCUT2D eigenvalue weighted by molar-refractivity contribution is -0.131. The summed E-state index contributed by atoms with van der Waals surface area (Å²) in [5.74, 6) is 1.12. The van der Waals surface area contributed by atoms with E-state index in [1.807, 2.05) is 36.1 Å². The minimum atomic E-state index is 0.224. The van der Waals surface area contributed by atoms with Crippen LogP contribution in [0, 0.1) is 0 Å². The second kappa shape index (κ2) is 7.08. The smallest absolute Gasteiger partial charge is 0.223 e. The second-order valence-electron chi connectivity index (χ2n) is 5.03. The Labute approximate surface area is 120 Å². The number of nitrogens with one attached hydrogen (secondary N) is 1. The van der Waals surface area contributed by atoms with E-state index in [9.17, 15) is 4.79 Å². The number of aryl methyl sites for hydroxylation is 1. The Bertz CT molecular complexity index is 529. The number of nitrogens with zero attached hydrogens (tertiary/aromatic N) is 2. The van der Waals surface area contributed by atoms with Crippen LogP contribution in [0.5, 0.6) is 0 Å². The van der Waals surface area contributed by atoms with Crippen LogP contribution in [-0.4, -0.2) is 33.9 Å². The lowest BCUT2D eigenvalue weighted by Crippen LogP contribution is -2.31. The van der Waals surface area contributed by atoms with E-state index in [0.717, 1.165) is 42.8 Å². The standard InChI is InChI=1S/C16H23N3O/c1-3-5-12-19(4-2)16(20)11-10-15-17-13-8-6-7-9-14(13)18-15/h6-9H,3-5,10-12H2,1-2H3,(H,17,18). The van der Waals surface area contributed by atoms with Gasteiger partial charge in [0.15, 0.2) is 0 Å². The van der Waals surface area contributed by atoms with Crippen molar-refractivity contribution in [1.29, 1.82) is 0 Å². The van der Waals surface area contributed by atoms with Gasteiger partial charge in [-0.15, -0.1) is 0 Å². The number of aromatic amines is 1. The number of rotatable bonds is 7. The maximum Gasteiger partial charge on any atom is 0.223 e. The molecule has 0 aliphatic heterocycles. The van der Waals surface area contributed by atoms with Crippen LogP contribution in [0.3, 0.4) is 0 Å². The molecule has 1 aromatic heterocycles. The van der Waals surface area contributed by atoms with E-state index in [-0.39, 0.29) is 5.91 Å². The van der Waals surface area contributed by atoms with Gasteiger partial charge >= 0.3 is 0 Å². The lowest BCUT2D eigenvalue weighted by atomic mass is 10.2. The van der Waals surface area contributed by atoms with Crippen molar-refractivity contribution in [3.05, 3.63) is 30.1 Å². The van der Waals surface area contributed by atoms with Gasteiger partial charge in [-0.25, -0.2) is 4.98 Å². The van der Waals surface area contributed by atoms with Crippen molar-refractivity contribution >= 4 is 16.9 Å². The summed E-state index contributed by atoms with van der Waals surface area (Å²) in [4.78, 5) is 21.9. The fourth-order valence-corrected chi connectivity index (χ4v) is 2.32. The zero-order valence-corrected chi connectivity index (χ0v) is 12.4. The van der Waals surface area contributed by atoms with Gasteiger partial charge in [0, 0.05) is 25.9 Å². The maximum atomic E-state index is 12.2. The van der Waals surface area contributed by atoms with E-state index in [1.165, 1.54) is 0 Å². The van der Waals surface area contributed by atoms with Gasteiger partial charge < -0.3 is 9.88 Å². The third kappa shape index (κ3) is 3.59. The molecule has 0 saturated heterocycles. The summed E-state index contributed by atoms with van der Waals surface area (Å²) < 4.78 is 0. The van der Waals surface area contributed by atoms with Crippen molar-refractivity contribution in [2.45, 2.75) is 39.5 Å². The van der Waals surface area contributed by atoms with Crippen LogP contribution in [-0.2, 0) is 11.2 Å². The summed E-state index contributed by atoms with van der Waals surface area (Å²) in [6, 6.07) is 7.95. The number of carbonyl (C=O) groups excluding carboxylic acids is 1. The van der Waals surface area contributed by atoms with Crippen LogP contribution >= 0.6 is 0 Å². The van der Waals surface area contributed by atoms with E-state index < -0.39 is 0 Å². The van der Waals surface area contributed by atoms with Crippen LogP contribution < -0.4 is 0 Å². The van der Waals surface area contributed by atoms with Gasteiger partial charge in [0.1, 0.15) is 5.82 Å². The minimum absolute atomic E-state index is 0.224. The van der Waals surface area contributed by atoms with Crippen LogP contribution in [0.2, 0.25) is 0 Å². The highest BCUT2D eigenvalue weighted by atomic mass is 16.2. The van der Waals surface area contributed by atoms with Gasteiger partial charge in [0.05, 0.1) is 11.0 Å². The van der Waals surface area contributed by atoms with Crippen LogP contribution in [0.4, 0.5) is 0 Å². The first kappa shape index (κ1) is 14.6. The molecule has 0 fully saturated rings. The second-order valence-corrected chi connectivity index (χ2v) is 5.03. The predicted molar refractivity (Wildman–Crippen MR) is 81.6 cm³/mol. The molecule has 4 heteroatoms. The normalized spacial score (nSPS) is 10.9. The molecule has 0 saturated carbocycles. The number of amides is 1. The molecule has 1 heterocycles. The first-order chi connectivity index (χ1) is 9.74. The molecule has 0 atom stereocenters. The number of unbranched alkanes of at least 4 members (excludes halogenated alkanes) is 1. The fraction of sp³-hybridized carbons (Fsp3) is 0.500. The van der Waals surface area contributed by atoms with E-state index in [0.29, 0.717) is 12.8 Å². The lowest BCUT2D eigenvalue weighted by Gasteiger charge is -2.20. The van der Waals surface area contributed by atoms with E-state index in [4.69, 9.17) is 0 Å². The Morgan fingerprint density at radius 3 is 2.80 bits per heavy atom. The number of hydrogen-bond donors (Lipinski definition) is 1. The zero-order valence-electron chi connectivity index (χ0n) is 12.4. The molecule has 2 rings (SSSR count). The highest BCUT2D eigenvalue weighted by Gasteiger charge is 2.12. The number of aromatic nitrogens is 2. The van der Waals surface area contributed by atoms with Gasteiger partial charge in [-0.05, 0) is 25.5 Å². The highest BCUT2D eigenvalue weighted by Crippen LogP contribution is 2.12. The minimum Gasteiger partial charge on any atom is -0.343 e. The topological polar surface area (TPSA) is 49.0 Å². The van der Waals surface area contributed by atoms with Crippen molar-refractivity contribution < 1.29 is 4.79 Å². The fourth-order valence-electron chi connectivity index (χ4n) is 2.32. The number of para-hydroxylation sites is 2. The molecular formula is C16H23N3O. The number of carbonyl (C=O) groups is 1. The van der Waals surface area contributed by atoms with Gasteiger partial charge in [-0.3, -0.25) is 4.79 Å². The van der Waals surface area contributed by atoms with Crippen molar-refractivity contribution in [1.82, 2.24) is 14.9 Å². The van der Waals surface area contributed by atoms with Crippen molar-refractivity contribution in [2.24, 2.45) is 0 Å². The molecule has 2 aromatic rings. The average molecular weight is 273 g/mol. The Morgan fingerprint density at radius 2 is 2.10 bits per heavy atom. The highest BCUT2D eigenvalue weighted by molar-refractivity contribution is 5.77. The van der Waals surface area contributed by atoms with E-state index in [2.05, 4.69) is 16.9 Å². The molecule has 0 aliphatic carbocycles. The van der Waals surface area contributed by atoms with Crippen molar-refractivity contribution in [2.75, 3.05) is 13.1 Å². The van der Waals surface area contributed by atoms with Crippen LogP contribution in [0.15, 0.2) is 24.3 Å². The van der Waals surface area contributed by atoms with E-state index in [1.54, 1.807) is 0 Å². The molecule has 0 spiro atoms. The van der Waals surface area contributed by atoms with E-state index >= 15 is 0 Å². The average Bonchev–Trinajstić information content (AvgIpc) is 2.88. The monoisotopic (exact) mass is 273 g/mol. The molecule has 4 nitrogen and oxygen atoms in total. The largest absolute Gasteiger partial charge is 0.343 e. The molecular weight excluding hydrogens is 250 g/mol. The zero-order chi connectivity index (χ0) is 14.4. The predicted octanol–water partition coefficient (Wildman–Crippen LogP) is 3.14. The summed E-state index contributed by atoms with van der Waals surface area (Å²) in [5.41, 5.74) is 2.00. The number of hydrogen-bond acceptors (Lipinski definition) is 2. The third-order valence-corrected chi connectivity index (χ3v) is 3.53. The Balaban J connectivity index is 1.91. The number of H-pyrrole nitrogens is 1. The molecule has 108 valence electrons. The van der Waals surface area contributed by atoms with Gasteiger partial charge in [0.2, 0.25) is 5.91 Å². The molecule has 20 heavy (non-hydrogen) atoms. The molecule has 0 bridgehead atoms. The summed E-state index contributed by atoms with van der Waals surface area (Å²) in [6.45, 7) is 5.84. The summed E-state index contributed by atoms with van der Waals surface area (Å²) in [7, 11) is 0. The van der Waals surface area contributed by atoms with Gasteiger partial charge in [-0.1, -0.05) is 25.5 Å². The molecule has 0 aliphatic rings.